The van der Waals surface area contributed by atoms with Crippen LogP contribution in [0, 0.1) is 5.92 Å². The van der Waals surface area contributed by atoms with Crippen molar-refractivity contribution in [1.82, 2.24) is 14.9 Å². The number of nitrogens with one attached hydrogen (secondary N) is 1. The lowest BCUT2D eigenvalue weighted by Crippen LogP contribution is -2.21. The van der Waals surface area contributed by atoms with E-state index >= 15 is 0 Å². The van der Waals surface area contributed by atoms with Gasteiger partial charge in [0.2, 0.25) is 0 Å². The van der Waals surface area contributed by atoms with Gasteiger partial charge in [-0.1, -0.05) is 0 Å². The molecule has 1 N–H and O–H groups in total. The minimum absolute atomic E-state index is 0.979. The first-order valence-corrected chi connectivity index (χ1v) is 4.61. The molecule has 0 aromatic carbocycles. The highest BCUT2D eigenvalue weighted by atomic mass is 15.0. The molecule has 1 aliphatic carbocycles. The van der Waals surface area contributed by atoms with Gasteiger partial charge in [0.05, 0.1) is 6.33 Å². The first kappa shape index (κ1) is 7.80. The summed E-state index contributed by atoms with van der Waals surface area (Å²) in [6.07, 6.45) is 8.54. The molecule has 1 aromatic rings. The third kappa shape index (κ3) is 2.34. The van der Waals surface area contributed by atoms with E-state index in [-0.39, 0.29) is 0 Å². The van der Waals surface area contributed by atoms with Crippen LogP contribution in [0.5, 0.6) is 0 Å². The fourth-order valence-corrected chi connectivity index (χ4v) is 1.26. The van der Waals surface area contributed by atoms with Gasteiger partial charge in [-0.25, -0.2) is 4.98 Å². The standard InChI is InChI=1S/C9H15N3/c1-2-9(1)7-10-3-5-12-6-4-11-8-12/h4,6,8-10H,1-3,5,7H2. The fraction of sp³-hybridized carbons (Fsp3) is 0.667. The highest BCUT2D eigenvalue weighted by Gasteiger charge is 2.19. The number of aromatic nitrogens is 2. The summed E-state index contributed by atoms with van der Waals surface area (Å²) in [5.41, 5.74) is 0. The Bertz CT molecular complexity index is 214. The Morgan fingerprint density at radius 3 is 3.08 bits per heavy atom. The summed E-state index contributed by atoms with van der Waals surface area (Å²) in [5, 5.41) is 3.44. The zero-order chi connectivity index (χ0) is 8.23. The third-order valence-corrected chi connectivity index (χ3v) is 2.24. The Balaban J connectivity index is 1.56. The third-order valence-electron chi connectivity index (χ3n) is 2.24. The van der Waals surface area contributed by atoms with E-state index in [1.807, 2.05) is 18.7 Å². The second-order valence-corrected chi connectivity index (χ2v) is 3.45. The summed E-state index contributed by atoms with van der Waals surface area (Å²) in [6, 6.07) is 0. The number of imidazole rings is 1. The van der Waals surface area contributed by atoms with Gasteiger partial charge in [-0.05, 0) is 25.3 Å². The highest BCUT2D eigenvalue weighted by Crippen LogP contribution is 2.27. The van der Waals surface area contributed by atoms with Crippen LogP contribution in [0.25, 0.3) is 0 Å². The molecule has 0 unspecified atom stereocenters. The molecular weight excluding hydrogens is 150 g/mol. The normalized spacial score (nSPS) is 16.7. The molecular formula is C9H15N3. The van der Waals surface area contributed by atoms with Crippen LogP contribution in [0.1, 0.15) is 12.8 Å². The molecule has 3 nitrogen and oxygen atoms in total. The van der Waals surface area contributed by atoms with Gasteiger partial charge in [-0.15, -0.1) is 0 Å². The zero-order valence-corrected chi connectivity index (χ0v) is 7.24. The van der Waals surface area contributed by atoms with E-state index in [9.17, 15) is 0 Å². The van der Waals surface area contributed by atoms with Crippen LogP contribution in [0.15, 0.2) is 18.7 Å². The van der Waals surface area contributed by atoms with E-state index in [0.29, 0.717) is 0 Å². The van der Waals surface area contributed by atoms with E-state index in [2.05, 4.69) is 14.9 Å². The van der Waals surface area contributed by atoms with Gasteiger partial charge in [0.15, 0.2) is 0 Å². The molecule has 1 fully saturated rings. The monoisotopic (exact) mass is 165 g/mol. The van der Waals surface area contributed by atoms with Crippen molar-refractivity contribution in [3.05, 3.63) is 18.7 Å². The smallest absolute Gasteiger partial charge is 0.0946 e. The highest BCUT2D eigenvalue weighted by molar-refractivity contribution is 4.76. The predicted octanol–water partition coefficient (Wildman–Crippen LogP) is 0.883. The van der Waals surface area contributed by atoms with Crippen molar-refractivity contribution in [2.24, 2.45) is 5.92 Å². The first-order valence-electron chi connectivity index (χ1n) is 4.61. The fourth-order valence-electron chi connectivity index (χ4n) is 1.26. The lowest BCUT2D eigenvalue weighted by Gasteiger charge is -2.03. The lowest BCUT2D eigenvalue weighted by atomic mass is 10.4. The van der Waals surface area contributed by atoms with E-state index in [4.69, 9.17) is 0 Å². The molecule has 0 spiro atoms. The van der Waals surface area contributed by atoms with Gasteiger partial charge < -0.3 is 9.88 Å². The van der Waals surface area contributed by atoms with Gasteiger partial charge in [-0.3, -0.25) is 0 Å². The van der Waals surface area contributed by atoms with Crippen LogP contribution in [-0.4, -0.2) is 22.6 Å². The number of hydrogen-bond donors (Lipinski definition) is 1. The van der Waals surface area contributed by atoms with Crippen molar-refractivity contribution in [2.75, 3.05) is 13.1 Å². The van der Waals surface area contributed by atoms with Crippen molar-refractivity contribution in [3.63, 3.8) is 0 Å². The van der Waals surface area contributed by atoms with Crippen LogP contribution in [0.3, 0.4) is 0 Å². The second-order valence-electron chi connectivity index (χ2n) is 3.45. The van der Waals surface area contributed by atoms with E-state index in [1.165, 1.54) is 19.4 Å². The molecule has 2 rings (SSSR count). The maximum absolute atomic E-state index is 3.98. The van der Waals surface area contributed by atoms with Crippen LogP contribution in [-0.2, 0) is 6.54 Å². The molecule has 0 radical (unpaired) electrons. The Hall–Kier alpha value is -0.830. The number of nitrogens with zero attached hydrogens (tertiary/aromatic N) is 2. The molecule has 3 heteroatoms. The molecule has 12 heavy (non-hydrogen) atoms. The molecule has 1 saturated carbocycles. The molecule has 1 heterocycles. The Morgan fingerprint density at radius 1 is 1.50 bits per heavy atom. The number of rotatable bonds is 5. The van der Waals surface area contributed by atoms with E-state index in [1.54, 1.807) is 0 Å². The summed E-state index contributed by atoms with van der Waals surface area (Å²) in [4.78, 5) is 3.98. The molecule has 1 aromatic heterocycles. The summed E-state index contributed by atoms with van der Waals surface area (Å²) in [6.45, 7) is 3.30. The lowest BCUT2D eigenvalue weighted by molar-refractivity contribution is 0.576. The summed E-state index contributed by atoms with van der Waals surface area (Å²) in [7, 11) is 0. The van der Waals surface area contributed by atoms with Crippen molar-refractivity contribution >= 4 is 0 Å². The van der Waals surface area contributed by atoms with E-state index < -0.39 is 0 Å². The van der Waals surface area contributed by atoms with Gasteiger partial charge in [-0.2, -0.15) is 0 Å². The van der Waals surface area contributed by atoms with Gasteiger partial charge in [0, 0.05) is 25.5 Å². The molecule has 66 valence electrons. The average molecular weight is 165 g/mol. The minimum atomic E-state index is 0.979. The SMILES string of the molecule is c1cn(CCNCC2CC2)cn1. The van der Waals surface area contributed by atoms with Crippen molar-refractivity contribution < 1.29 is 0 Å². The van der Waals surface area contributed by atoms with Crippen LogP contribution in [0.2, 0.25) is 0 Å². The van der Waals surface area contributed by atoms with E-state index in [0.717, 1.165) is 19.0 Å². The first-order chi connectivity index (χ1) is 5.95. The Labute approximate surface area is 72.8 Å². The quantitative estimate of drug-likeness (QED) is 0.656. The zero-order valence-electron chi connectivity index (χ0n) is 7.24. The van der Waals surface area contributed by atoms with Gasteiger partial charge in [0.1, 0.15) is 0 Å². The summed E-state index contributed by atoms with van der Waals surface area (Å²) < 4.78 is 2.10. The van der Waals surface area contributed by atoms with Crippen LogP contribution >= 0.6 is 0 Å². The summed E-state index contributed by atoms with van der Waals surface area (Å²) >= 11 is 0. The molecule has 0 amide bonds. The van der Waals surface area contributed by atoms with Gasteiger partial charge >= 0.3 is 0 Å². The molecule has 0 aliphatic heterocycles. The Morgan fingerprint density at radius 2 is 2.42 bits per heavy atom. The average Bonchev–Trinajstić information content (AvgIpc) is 2.76. The molecule has 1 aliphatic rings. The van der Waals surface area contributed by atoms with Crippen molar-refractivity contribution in [1.29, 1.82) is 0 Å². The molecule has 0 saturated heterocycles. The van der Waals surface area contributed by atoms with Gasteiger partial charge in [0.25, 0.3) is 0 Å². The van der Waals surface area contributed by atoms with Crippen LogP contribution in [0.4, 0.5) is 0 Å². The predicted molar refractivity (Wildman–Crippen MR) is 47.8 cm³/mol. The van der Waals surface area contributed by atoms with Crippen molar-refractivity contribution in [2.45, 2.75) is 19.4 Å². The topological polar surface area (TPSA) is 29.9 Å². The maximum atomic E-state index is 3.98. The van der Waals surface area contributed by atoms with Crippen LogP contribution < -0.4 is 5.32 Å². The largest absolute Gasteiger partial charge is 0.336 e. The van der Waals surface area contributed by atoms with Crippen molar-refractivity contribution in [3.8, 4) is 0 Å². The maximum Gasteiger partial charge on any atom is 0.0946 e. The Kier molecular flexibility index (Phi) is 2.42. The number of hydrogen-bond acceptors (Lipinski definition) is 2. The minimum Gasteiger partial charge on any atom is -0.336 e. The second kappa shape index (κ2) is 3.72. The summed E-state index contributed by atoms with van der Waals surface area (Å²) in [5.74, 6) is 0.979. The molecule has 0 atom stereocenters. The molecule has 0 bridgehead atoms.